The monoisotopic (exact) mass is 537 g/mol. The zero-order valence-electron chi connectivity index (χ0n) is 21.9. The van der Waals surface area contributed by atoms with E-state index >= 15 is 0 Å². The SMILES string of the molecule is CC1(C)OCc2cc(Cl)cc([N+]3(C(c4ccccc4)(c4ccccc4)c4ccccc4)C=NC(CO)=C3)c2O1. The molecule has 2 aliphatic heterocycles. The van der Waals surface area contributed by atoms with E-state index in [9.17, 15) is 5.11 Å². The Hall–Kier alpha value is -3.74. The molecule has 1 N–H and O–H groups in total. The number of hydrogen-bond donors (Lipinski definition) is 1. The van der Waals surface area contributed by atoms with Crippen LogP contribution in [0.1, 0.15) is 36.1 Å². The van der Waals surface area contributed by atoms with Crippen LogP contribution in [-0.4, -0.2) is 23.8 Å². The number of benzene rings is 4. The fourth-order valence-electron chi connectivity index (χ4n) is 5.88. The van der Waals surface area contributed by atoms with Gasteiger partial charge in [-0.25, -0.2) is 4.48 Å². The molecule has 6 heteroatoms. The van der Waals surface area contributed by atoms with Gasteiger partial charge in [0.05, 0.1) is 13.2 Å². The highest BCUT2D eigenvalue weighted by Crippen LogP contribution is 2.55. The molecule has 2 heterocycles. The quantitative estimate of drug-likeness (QED) is 0.210. The molecule has 1 atom stereocenters. The Morgan fingerprint density at radius 1 is 0.872 bits per heavy atom. The van der Waals surface area contributed by atoms with Gasteiger partial charge in [-0.2, -0.15) is 4.99 Å². The predicted molar refractivity (Wildman–Crippen MR) is 156 cm³/mol. The van der Waals surface area contributed by atoms with E-state index < -0.39 is 11.3 Å². The molecule has 5 nitrogen and oxygen atoms in total. The summed E-state index contributed by atoms with van der Waals surface area (Å²) in [5.74, 6) is -0.140. The van der Waals surface area contributed by atoms with Gasteiger partial charge in [0.2, 0.25) is 12.1 Å². The number of nitrogens with zero attached hydrogens (tertiary/aromatic N) is 2. The molecule has 0 radical (unpaired) electrons. The summed E-state index contributed by atoms with van der Waals surface area (Å²) in [6, 6.07) is 35.1. The molecule has 1 unspecified atom stereocenters. The van der Waals surface area contributed by atoms with Crippen LogP contribution in [0.4, 0.5) is 5.69 Å². The molecule has 0 aliphatic carbocycles. The third kappa shape index (κ3) is 4.10. The number of halogens is 1. The highest BCUT2D eigenvalue weighted by Gasteiger charge is 2.59. The van der Waals surface area contributed by atoms with Crippen LogP contribution in [0.15, 0.2) is 120 Å². The molecular formula is C33H30ClN2O3+. The molecule has 0 aromatic heterocycles. The summed E-state index contributed by atoms with van der Waals surface area (Å²) in [5, 5.41) is 10.9. The second-order valence-corrected chi connectivity index (χ2v) is 10.7. The Labute approximate surface area is 233 Å². The van der Waals surface area contributed by atoms with Crippen LogP contribution in [0.5, 0.6) is 5.75 Å². The van der Waals surface area contributed by atoms with Crippen molar-refractivity contribution in [3.63, 3.8) is 0 Å². The van der Waals surface area contributed by atoms with Crippen molar-refractivity contribution in [1.82, 2.24) is 4.48 Å². The lowest BCUT2D eigenvalue weighted by Crippen LogP contribution is -2.60. The van der Waals surface area contributed by atoms with Gasteiger partial charge in [-0.3, -0.25) is 0 Å². The van der Waals surface area contributed by atoms with Crippen molar-refractivity contribution >= 4 is 23.6 Å². The lowest BCUT2D eigenvalue weighted by Gasteiger charge is -2.48. The smallest absolute Gasteiger partial charge is 0.205 e. The van der Waals surface area contributed by atoms with Gasteiger partial charge in [-0.1, -0.05) is 103 Å². The van der Waals surface area contributed by atoms with Gasteiger partial charge in [-0.05, 0) is 6.07 Å². The standard InChI is InChI=1S/C33H30ClN2O3/c1-32(2)38-22-24-18-28(34)19-30(31(24)39-32)36(20-29(21-37)35-23-36)33(25-12-6-3-7-13-25,26-14-8-4-9-15-26)27-16-10-5-11-17-27/h3-20,23,37H,21-22H2,1-2H3/q+1. The minimum atomic E-state index is -0.867. The number of aliphatic hydroxyl groups excluding tert-OH is 1. The summed E-state index contributed by atoms with van der Waals surface area (Å²) in [6.45, 7) is 3.97. The van der Waals surface area contributed by atoms with Crippen LogP contribution in [-0.2, 0) is 16.9 Å². The number of rotatable bonds is 6. The van der Waals surface area contributed by atoms with Crippen molar-refractivity contribution in [2.45, 2.75) is 31.8 Å². The Kier molecular flexibility index (Phi) is 6.40. The zero-order valence-corrected chi connectivity index (χ0v) is 22.7. The molecule has 0 amide bonds. The largest absolute Gasteiger partial charge is 0.456 e. The highest BCUT2D eigenvalue weighted by atomic mass is 35.5. The first-order valence-corrected chi connectivity index (χ1v) is 13.4. The lowest BCUT2D eigenvalue weighted by atomic mass is 9.73. The van der Waals surface area contributed by atoms with Crippen molar-refractivity contribution in [1.29, 1.82) is 0 Å². The van der Waals surface area contributed by atoms with E-state index in [-0.39, 0.29) is 11.1 Å². The van der Waals surface area contributed by atoms with E-state index in [1.54, 1.807) is 0 Å². The molecule has 0 spiro atoms. The van der Waals surface area contributed by atoms with Gasteiger partial charge in [-0.15, -0.1) is 0 Å². The topological polar surface area (TPSA) is 51.0 Å². The van der Waals surface area contributed by atoms with Crippen LogP contribution in [0.2, 0.25) is 5.02 Å². The number of fused-ring (bicyclic) bond motifs is 1. The fourth-order valence-corrected chi connectivity index (χ4v) is 6.12. The Bertz CT molecular complexity index is 1460. The predicted octanol–water partition coefficient (Wildman–Crippen LogP) is 7.16. The molecule has 4 aromatic rings. The second kappa shape index (κ2) is 9.78. The van der Waals surface area contributed by atoms with Gasteiger partial charge < -0.3 is 14.6 Å². The summed E-state index contributed by atoms with van der Waals surface area (Å²) in [4.78, 5) is 4.77. The van der Waals surface area contributed by atoms with Crippen molar-refractivity contribution < 1.29 is 14.6 Å². The minimum absolute atomic E-state index is 0.0832. The van der Waals surface area contributed by atoms with Crippen molar-refractivity contribution in [3.05, 3.63) is 142 Å². The van der Waals surface area contributed by atoms with Gasteiger partial charge >= 0.3 is 0 Å². The number of hydrogen-bond acceptors (Lipinski definition) is 4. The van der Waals surface area contributed by atoms with Crippen LogP contribution in [0.25, 0.3) is 0 Å². The van der Waals surface area contributed by atoms with E-state index in [2.05, 4.69) is 72.8 Å². The van der Waals surface area contributed by atoms with E-state index in [0.29, 0.717) is 23.1 Å². The van der Waals surface area contributed by atoms with Crippen LogP contribution >= 0.6 is 11.6 Å². The first-order valence-electron chi connectivity index (χ1n) is 13.0. The maximum Gasteiger partial charge on any atom is 0.205 e. The van der Waals surface area contributed by atoms with Crippen LogP contribution in [0.3, 0.4) is 0 Å². The first kappa shape index (κ1) is 25.5. The molecule has 39 heavy (non-hydrogen) atoms. The first-order chi connectivity index (χ1) is 18.9. The normalized spacial score (nSPS) is 19.7. The van der Waals surface area contributed by atoms with Gasteiger partial charge in [0.1, 0.15) is 11.9 Å². The van der Waals surface area contributed by atoms with Crippen molar-refractivity contribution in [2.24, 2.45) is 4.99 Å². The number of aliphatic hydroxyl groups is 1. The summed E-state index contributed by atoms with van der Waals surface area (Å²) in [5.41, 5.74) is 4.49. The van der Waals surface area contributed by atoms with E-state index in [4.69, 9.17) is 26.1 Å². The molecule has 6 rings (SSSR count). The Morgan fingerprint density at radius 2 is 1.41 bits per heavy atom. The maximum atomic E-state index is 10.3. The Morgan fingerprint density at radius 3 is 1.90 bits per heavy atom. The average molecular weight is 538 g/mol. The van der Waals surface area contributed by atoms with E-state index in [1.807, 2.05) is 56.7 Å². The molecule has 196 valence electrons. The number of quaternary nitrogens is 1. The molecule has 2 aliphatic rings. The molecular weight excluding hydrogens is 508 g/mol. The number of ether oxygens (including phenoxy) is 2. The summed E-state index contributed by atoms with van der Waals surface area (Å²) < 4.78 is 12.7. The third-order valence-corrected chi connectivity index (χ3v) is 7.70. The van der Waals surface area contributed by atoms with Crippen LogP contribution in [0, 0.1) is 0 Å². The summed E-state index contributed by atoms with van der Waals surface area (Å²) in [7, 11) is 0. The molecule has 4 aromatic carbocycles. The van der Waals surface area contributed by atoms with Gasteiger partial charge in [0, 0.05) is 47.2 Å². The van der Waals surface area contributed by atoms with Crippen LogP contribution < -0.4 is 9.22 Å². The van der Waals surface area contributed by atoms with E-state index in [1.165, 1.54) is 0 Å². The second-order valence-electron chi connectivity index (χ2n) is 10.3. The molecule has 0 saturated heterocycles. The molecule has 0 fully saturated rings. The van der Waals surface area contributed by atoms with Gasteiger partial charge in [0.15, 0.2) is 17.0 Å². The lowest BCUT2D eigenvalue weighted by molar-refractivity contribution is -0.180. The third-order valence-electron chi connectivity index (χ3n) is 7.48. The highest BCUT2D eigenvalue weighted by molar-refractivity contribution is 6.31. The summed E-state index contributed by atoms with van der Waals surface area (Å²) in [6.07, 6.45) is 3.92. The maximum absolute atomic E-state index is 10.3. The Balaban J connectivity index is 1.82. The van der Waals surface area contributed by atoms with Gasteiger partial charge in [0.25, 0.3) is 0 Å². The van der Waals surface area contributed by atoms with Crippen molar-refractivity contribution in [2.75, 3.05) is 6.61 Å². The number of aliphatic imine (C=N–C) groups is 1. The summed E-state index contributed by atoms with van der Waals surface area (Å²) >= 11 is 6.82. The van der Waals surface area contributed by atoms with Crippen molar-refractivity contribution in [3.8, 4) is 5.75 Å². The fraction of sp³-hybridized carbons (Fsp3) is 0.182. The molecule has 0 saturated carbocycles. The minimum Gasteiger partial charge on any atom is -0.456 e. The average Bonchev–Trinajstić information content (AvgIpc) is 3.40. The molecule has 0 bridgehead atoms. The zero-order chi connectivity index (χ0) is 27.1. The van der Waals surface area contributed by atoms with E-state index in [0.717, 1.165) is 27.9 Å².